The van der Waals surface area contributed by atoms with Crippen LogP contribution in [0.2, 0.25) is 0 Å². The van der Waals surface area contributed by atoms with Crippen molar-refractivity contribution in [3.05, 3.63) is 0 Å². The van der Waals surface area contributed by atoms with Crippen molar-refractivity contribution < 1.29 is 9.47 Å². The minimum Gasteiger partial charge on any atom is -0.341 e. The van der Waals surface area contributed by atoms with Crippen LogP contribution in [0.4, 0.5) is 0 Å². The lowest BCUT2D eigenvalue weighted by Crippen LogP contribution is -2.44. The Morgan fingerprint density at radius 3 is 1.36 bits per heavy atom. The van der Waals surface area contributed by atoms with Crippen LogP contribution in [-0.4, -0.2) is 39.1 Å². The monoisotopic (exact) mass is 165 g/mol. The first-order valence-electron chi connectivity index (χ1n) is 3.18. The predicted octanol–water partition coefficient (Wildman–Crippen LogP) is -0.667. The lowest BCUT2D eigenvalue weighted by atomic mass is 10.5. The third-order valence-corrected chi connectivity index (χ3v) is 1.57. The summed E-state index contributed by atoms with van der Waals surface area (Å²) in [4.78, 5) is 1.85. The van der Waals surface area contributed by atoms with E-state index in [4.69, 9.17) is 9.47 Å². The molecule has 0 aliphatic heterocycles. The van der Waals surface area contributed by atoms with E-state index in [1.165, 1.54) is 0 Å². The van der Waals surface area contributed by atoms with Gasteiger partial charge in [0.25, 0.3) is 0 Å². The molecule has 4 N–H and O–H groups in total. The highest BCUT2D eigenvalue weighted by Crippen LogP contribution is 2.11. The molecule has 0 aliphatic rings. The fraction of sp³-hybridized carbons (Fsp3) is 1.00. The van der Waals surface area contributed by atoms with Crippen LogP contribution in [0, 0.1) is 0 Å². The maximum absolute atomic E-state index is 5.05. The summed E-state index contributed by atoms with van der Waals surface area (Å²) in [7, 11) is 7.02. The highest BCUT2D eigenvalue weighted by atomic mass is 16.7. The van der Waals surface area contributed by atoms with Gasteiger partial charge in [-0.3, -0.25) is 16.6 Å². The number of rotatable bonds is 3. The normalized spacial score (nSPS) is 10.9. The van der Waals surface area contributed by atoms with Crippen molar-refractivity contribution in [3.63, 3.8) is 0 Å². The van der Waals surface area contributed by atoms with Gasteiger partial charge < -0.3 is 9.47 Å². The number of hydrogen-bond acceptors (Lipinski definition) is 5. The predicted molar refractivity (Wildman–Crippen MR) is 44.5 cm³/mol. The Morgan fingerprint density at radius 2 is 1.36 bits per heavy atom. The Bertz CT molecular complexity index is 83.9. The molecule has 0 aromatic rings. The smallest absolute Gasteiger partial charge is 0.225 e. The second-order valence-corrected chi connectivity index (χ2v) is 2.20. The average molecular weight is 165 g/mol. The highest BCUT2D eigenvalue weighted by molar-refractivity contribution is 4.55. The molecule has 5 heteroatoms. The molecule has 0 radical (unpaired) electrons. The van der Waals surface area contributed by atoms with E-state index in [0.29, 0.717) is 0 Å². The first-order valence-corrected chi connectivity index (χ1v) is 3.18. The molecule has 0 aliphatic carbocycles. The van der Waals surface area contributed by atoms with Crippen molar-refractivity contribution in [1.82, 2.24) is 4.90 Å². The Kier molecular flexibility index (Phi) is 7.92. The fourth-order valence-corrected chi connectivity index (χ4v) is 0.448. The molecule has 0 amide bonds. The maximum Gasteiger partial charge on any atom is 0.225 e. The molecule has 5 nitrogen and oxygen atoms in total. The van der Waals surface area contributed by atoms with E-state index in [1.807, 2.05) is 25.9 Å². The molecule has 0 fully saturated rings. The van der Waals surface area contributed by atoms with Crippen molar-refractivity contribution in [2.24, 2.45) is 11.7 Å². The number of nitrogens with zero attached hydrogens (tertiary/aromatic N) is 1. The highest BCUT2D eigenvalue weighted by Gasteiger charge is 2.24. The molecule has 0 aromatic carbocycles. The van der Waals surface area contributed by atoms with Gasteiger partial charge in [0.05, 0.1) is 0 Å². The minimum absolute atomic E-state index is 0.583. The summed E-state index contributed by atoms with van der Waals surface area (Å²) in [5.74, 6) is 7.42. The third kappa shape index (κ3) is 4.28. The first-order chi connectivity index (χ1) is 5.06. The Labute approximate surface area is 68.2 Å². The van der Waals surface area contributed by atoms with Crippen molar-refractivity contribution in [1.29, 1.82) is 0 Å². The molecule has 0 saturated carbocycles. The molecule has 0 spiro atoms. The number of hydrazine groups is 1. The van der Waals surface area contributed by atoms with E-state index in [1.54, 1.807) is 14.2 Å². The van der Waals surface area contributed by atoms with Crippen LogP contribution in [0.3, 0.4) is 0 Å². The Morgan fingerprint density at radius 1 is 1.09 bits per heavy atom. The lowest BCUT2D eigenvalue weighted by molar-refractivity contribution is -0.270. The zero-order valence-corrected chi connectivity index (χ0v) is 7.92. The van der Waals surface area contributed by atoms with E-state index in [2.05, 4.69) is 11.7 Å². The zero-order chi connectivity index (χ0) is 9.49. The van der Waals surface area contributed by atoms with Gasteiger partial charge >= 0.3 is 0 Å². The zero-order valence-electron chi connectivity index (χ0n) is 7.92. The van der Waals surface area contributed by atoms with E-state index in [0.717, 1.165) is 0 Å². The molecule has 0 unspecified atom stereocenters. The summed E-state index contributed by atoms with van der Waals surface area (Å²) in [6, 6.07) is 0. The van der Waals surface area contributed by atoms with E-state index in [-0.39, 0.29) is 0 Å². The number of nitrogens with two attached hydrogens (primary N) is 2. The molecule has 0 aromatic heterocycles. The van der Waals surface area contributed by atoms with E-state index in [9.17, 15) is 0 Å². The van der Waals surface area contributed by atoms with Gasteiger partial charge in [-0.15, -0.1) is 0 Å². The summed E-state index contributed by atoms with van der Waals surface area (Å²) in [6.45, 7) is 1.85. The second-order valence-electron chi connectivity index (χ2n) is 2.20. The van der Waals surface area contributed by atoms with Crippen molar-refractivity contribution in [2.75, 3.05) is 28.3 Å². The van der Waals surface area contributed by atoms with E-state index < -0.39 is 5.91 Å². The fourth-order valence-electron chi connectivity index (χ4n) is 0.448. The van der Waals surface area contributed by atoms with Crippen molar-refractivity contribution in [2.45, 2.75) is 12.8 Å². The Balaban J connectivity index is 0. The van der Waals surface area contributed by atoms with Crippen LogP contribution >= 0.6 is 0 Å². The Hall–Kier alpha value is -0.200. The van der Waals surface area contributed by atoms with Gasteiger partial charge in [-0.2, -0.15) is 0 Å². The maximum atomic E-state index is 5.05. The van der Waals surface area contributed by atoms with Crippen LogP contribution in [0.15, 0.2) is 0 Å². The summed E-state index contributed by atoms with van der Waals surface area (Å²) < 4.78 is 10.1. The molecule has 0 atom stereocenters. The van der Waals surface area contributed by atoms with Gasteiger partial charge in [-0.05, 0) is 14.1 Å². The SMILES string of the molecule is COC(C)(OC)N(C)C.NN. The molecule has 0 heterocycles. The quantitative estimate of drug-likeness (QED) is 0.330. The van der Waals surface area contributed by atoms with Gasteiger partial charge in [-0.25, -0.2) is 0 Å². The molecular formula is C6H19N3O2. The van der Waals surface area contributed by atoms with Gasteiger partial charge in [0.15, 0.2) is 0 Å². The first kappa shape index (κ1) is 13.4. The van der Waals surface area contributed by atoms with Crippen LogP contribution in [0.25, 0.3) is 0 Å². The number of methoxy groups -OCH3 is 2. The van der Waals surface area contributed by atoms with Gasteiger partial charge in [0.2, 0.25) is 5.91 Å². The topological polar surface area (TPSA) is 73.7 Å². The lowest BCUT2D eigenvalue weighted by Gasteiger charge is -2.32. The third-order valence-electron chi connectivity index (χ3n) is 1.57. The molecule has 11 heavy (non-hydrogen) atoms. The average Bonchev–Trinajstić information content (AvgIpc) is 2.06. The second kappa shape index (κ2) is 6.51. The molecule has 0 rings (SSSR count). The van der Waals surface area contributed by atoms with Gasteiger partial charge in [0, 0.05) is 21.1 Å². The minimum atomic E-state index is -0.583. The van der Waals surface area contributed by atoms with Gasteiger partial charge in [-0.1, -0.05) is 0 Å². The van der Waals surface area contributed by atoms with Crippen LogP contribution in [0.5, 0.6) is 0 Å². The van der Waals surface area contributed by atoms with Crippen LogP contribution in [-0.2, 0) is 9.47 Å². The summed E-state index contributed by atoms with van der Waals surface area (Å²) in [5.41, 5.74) is 0. The molecule has 70 valence electrons. The molecule has 0 bridgehead atoms. The largest absolute Gasteiger partial charge is 0.341 e. The standard InChI is InChI=1S/C6H15NO2.H4N2/c1-6(8-4,9-5)7(2)3;1-2/h1-5H3;1-2H2. The number of hydrogen-bond donors (Lipinski definition) is 2. The van der Waals surface area contributed by atoms with Crippen molar-refractivity contribution >= 4 is 0 Å². The van der Waals surface area contributed by atoms with Crippen LogP contribution < -0.4 is 11.7 Å². The molecular weight excluding hydrogens is 146 g/mol. The summed E-state index contributed by atoms with van der Waals surface area (Å²) >= 11 is 0. The number of ether oxygens (including phenoxy) is 2. The summed E-state index contributed by atoms with van der Waals surface area (Å²) in [6.07, 6.45) is 0. The molecule has 0 saturated heterocycles. The summed E-state index contributed by atoms with van der Waals surface area (Å²) in [5, 5.41) is 0. The van der Waals surface area contributed by atoms with Crippen molar-refractivity contribution in [3.8, 4) is 0 Å². The van der Waals surface area contributed by atoms with Crippen LogP contribution in [0.1, 0.15) is 6.92 Å². The van der Waals surface area contributed by atoms with Gasteiger partial charge in [0.1, 0.15) is 0 Å². The van der Waals surface area contributed by atoms with E-state index >= 15 is 0 Å².